The van der Waals surface area contributed by atoms with Crippen LogP contribution >= 0.6 is 0 Å². The molecule has 1 aliphatic rings. The third kappa shape index (κ3) is 4.44. The van der Waals surface area contributed by atoms with E-state index in [-0.39, 0.29) is 5.41 Å². The highest BCUT2D eigenvalue weighted by molar-refractivity contribution is 5.37. The lowest BCUT2D eigenvalue weighted by atomic mass is 9.78. The van der Waals surface area contributed by atoms with Crippen LogP contribution < -0.4 is 5.32 Å². The molecule has 0 bridgehead atoms. The van der Waals surface area contributed by atoms with Gasteiger partial charge in [0.1, 0.15) is 5.82 Å². The van der Waals surface area contributed by atoms with Gasteiger partial charge in [0.15, 0.2) is 0 Å². The molecule has 0 unspecified atom stereocenters. The van der Waals surface area contributed by atoms with Crippen LogP contribution in [-0.4, -0.2) is 22.2 Å². The molecule has 1 heterocycles. The minimum Gasteiger partial charge on any atom is -0.388 e. The fourth-order valence-electron chi connectivity index (χ4n) is 3.00. The summed E-state index contributed by atoms with van der Waals surface area (Å²) < 4.78 is 0. The highest BCUT2D eigenvalue weighted by atomic mass is 16.3. The molecular weight excluding hydrogens is 260 g/mol. The Morgan fingerprint density at radius 3 is 2.43 bits per heavy atom. The van der Waals surface area contributed by atoms with Crippen LogP contribution in [0, 0.1) is 5.92 Å². The van der Waals surface area contributed by atoms with Crippen molar-refractivity contribution >= 4 is 5.82 Å². The van der Waals surface area contributed by atoms with Crippen LogP contribution in [0.25, 0.3) is 0 Å². The molecule has 3 nitrogen and oxygen atoms in total. The summed E-state index contributed by atoms with van der Waals surface area (Å²) in [7, 11) is 0. The molecule has 1 aromatic heterocycles. The zero-order chi connectivity index (χ0) is 15.5. The van der Waals surface area contributed by atoms with Crippen molar-refractivity contribution in [2.24, 2.45) is 5.92 Å². The molecule has 21 heavy (non-hydrogen) atoms. The second kappa shape index (κ2) is 6.35. The summed E-state index contributed by atoms with van der Waals surface area (Å²) in [5.41, 5.74) is 0.799. The zero-order valence-corrected chi connectivity index (χ0v) is 13.9. The summed E-state index contributed by atoms with van der Waals surface area (Å²) in [6.45, 7) is 9.41. The van der Waals surface area contributed by atoms with Gasteiger partial charge >= 0.3 is 0 Å². The number of hydrogen-bond acceptors (Lipinski definition) is 3. The Morgan fingerprint density at radius 2 is 1.95 bits per heavy atom. The van der Waals surface area contributed by atoms with Crippen LogP contribution in [-0.2, 0) is 5.41 Å². The normalized spacial score (nSPS) is 26.6. The number of pyridine rings is 1. The van der Waals surface area contributed by atoms with E-state index in [0.29, 0.717) is 6.54 Å². The van der Waals surface area contributed by atoms with Gasteiger partial charge in [-0.2, -0.15) is 0 Å². The van der Waals surface area contributed by atoms with Crippen LogP contribution in [0.2, 0.25) is 0 Å². The van der Waals surface area contributed by atoms with E-state index >= 15 is 0 Å². The van der Waals surface area contributed by atoms with E-state index in [0.717, 1.165) is 37.4 Å². The topological polar surface area (TPSA) is 45.1 Å². The molecule has 0 aliphatic heterocycles. The molecule has 2 rings (SSSR count). The Morgan fingerprint density at radius 1 is 1.29 bits per heavy atom. The Bertz CT molecular complexity index is 439. The SMILES string of the molecule is CCC1CCC(O)(CNc2ccc(C(C)(C)C)cn2)CC1. The van der Waals surface area contributed by atoms with E-state index in [2.05, 4.69) is 44.1 Å². The number of nitrogens with one attached hydrogen (secondary N) is 1. The maximum absolute atomic E-state index is 10.6. The first kappa shape index (κ1) is 16.3. The van der Waals surface area contributed by atoms with E-state index in [1.165, 1.54) is 12.0 Å². The molecule has 3 heteroatoms. The lowest BCUT2D eigenvalue weighted by molar-refractivity contribution is 0.00223. The van der Waals surface area contributed by atoms with Crippen molar-refractivity contribution in [1.29, 1.82) is 0 Å². The molecule has 0 radical (unpaired) electrons. The molecule has 1 aliphatic carbocycles. The standard InChI is InChI=1S/C18H30N2O/c1-5-14-8-10-18(21,11-9-14)13-20-16-7-6-15(12-19-16)17(2,3)4/h6-7,12,14,21H,5,8-11,13H2,1-4H3,(H,19,20). The first-order valence-electron chi connectivity index (χ1n) is 8.25. The Kier molecular flexibility index (Phi) is 4.92. The first-order chi connectivity index (χ1) is 9.82. The van der Waals surface area contributed by atoms with E-state index in [1.807, 2.05) is 12.3 Å². The summed E-state index contributed by atoms with van der Waals surface area (Å²) in [5, 5.41) is 13.9. The van der Waals surface area contributed by atoms with Crippen LogP contribution in [0.4, 0.5) is 5.82 Å². The van der Waals surface area contributed by atoms with Crippen molar-refractivity contribution in [3.63, 3.8) is 0 Å². The van der Waals surface area contributed by atoms with E-state index in [9.17, 15) is 5.11 Å². The number of aliphatic hydroxyl groups is 1. The highest BCUT2D eigenvalue weighted by Gasteiger charge is 2.32. The van der Waals surface area contributed by atoms with Gasteiger partial charge in [0.05, 0.1) is 5.60 Å². The van der Waals surface area contributed by atoms with Crippen LogP contribution in [0.3, 0.4) is 0 Å². The van der Waals surface area contributed by atoms with Gasteiger partial charge in [0, 0.05) is 12.7 Å². The Balaban J connectivity index is 1.88. The minimum atomic E-state index is -0.559. The van der Waals surface area contributed by atoms with Crippen molar-refractivity contribution in [3.05, 3.63) is 23.9 Å². The maximum Gasteiger partial charge on any atom is 0.125 e. The summed E-state index contributed by atoms with van der Waals surface area (Å²) in [6, 6.07) is 4.13. The molecule has 0 aromatic carbocycles. The van der Waals surface area contributed by atoms with Crippen LogP contribution in [0.1, 0.15) is 65.4 Å². The summed E-state index contributed by atoms with van der Waals surface area (Å²) in [6.07, 6.45) is 7.26. The second-order valence-electron chi connectivity index (χ2n) is 7.61. The number of aromatic nitrogens is 1. The van der Waals surface area contributed by atoms with Gasteiger partial charge in [-0.3, -0.25) is 0 Å². The monoisotopic (exact) mass is 290 g/mol. The van der Waals surface area contributed by atoms with Crippen LogP contribution in [0.5, 0.6) is 0 Å². The van der Waals surface area contributed by atoms with Gasteiger partial charge in [-0.05, 0) is 48.6 Å². The second-order valence-corrected chi connectivity index (χ2v) is 7.61. The Labute approximate surface area is 129 Å². The number of anilines is 1. The molecule has 1 fully saturated rings. The predicted octanol–water partition coefficient (Wildman–Crippen LogP) is 4.12. The van der Waals surface area contributed by atoms with Gasteiger partial charge in [-0.15, -0.1) is 0 Å². The zero-order valence-electron chi connectivity index (χ0n) is 13.9. The molecule has 0 atom stereocenters. The Hall–Kier alpha value is -1.09. The average Bonchev–Trinajstić information content (AvgIpc) is 2.46. The van der Waals surface area contributed by atoms with Crippen molar-refractivity contribution in [2.75, 3.05) is 11.9 Å². The quantitative estimate of drug-likeness (QED) is 0.876. The van der Waals surface area contributed by atoms with Gasteiger partial charge in [0.2, 0.25) is 0 Å². The van der Waals surface area contributed by atoms with E-state index in [1.54, 1.807) is 0 Å². The van der Waals surface area contributed by atoms with Gasteiger partial charge < -0.3 is 10.4 Å². The average molecular weight is 290 g/mol. The van der Waals surface area contributed by atoms with Crippen molar-refractivity contribution < 1.29 is 5.11 Å². The largest absolute Gasteiger partial charge is 0.388 e. The van der Waals surface area contributed by atoms with Crippen molar-refractivity contribution in [3.8, 4) is 0 Å². The summed E-state index contributed by atoms with van der Waals surface area (Å²) in [5.74, 6) is 1.66. The van der Waals surface area contributed by atoms with E-state index < -0.39 is 5.60 Å². The van der Waals surface area contributed by atoms with Gasteiger partial charge in [0.25, 0.3) is 0 Å². The number of hydrogen-bond donors (Lipinski definition) is 2. The number of nitrogens with zero attached hydrogens (tertiary/aromatic N) is 1. The summed E-state index contributed by atoms with van der Waals surface area (Å²) >= 11 is 0. The summed E-state index contributed by atoms with van der Waals surface area (Å²) in [4.78, 5) is 4.47. The lowest BCUT2D eigenvalue weighted by Crippen LogP contribution is -2.40. The first-order valence-corrected chi connectivity index (χ1v) is 8.25. The van der Waals surface area contributed by atoms with Crippen molar-refractivity contribution in [2.45, 2.75) is 70.8 Å². The van der Waals surface area contributed by atoms with E-state index in [4.69, 9.17) is 0 Å². The van der Waals surface area contributed by atoms with Crippen LogP contribution in [0.15, 0.2) is 18.3 Å². The molecular formula is C18H30N2O. The maximum atomic E-state index is 10.6. The molecule has 1 aromatic rings. The third-order valence-corrected chi connectivity index (χ3v) is 4.84. The molecule has 0 spiro atoms. The van der Waals surface area contributed by atoms with Crippen molar-refractivity contribution in [1.82, 2.24) is 4.98 Å². The predicted molar refractivity (Wildman–Crippen MR) is 88.6 cm³/mol. The molecule has 0 saturated heterocycles. The molecule has 118 valence electrons. The highest BCUT2D eigenvalue weighted by Crippen LogP contribution is 2.33. The lowest BCUT2D eigenvalue weighted by Gasteiger charge is -2.36. The minimum absolute atomic E-state index is 0.127. The number of rotatable bonds is 4. The fraction of sp³-hybridized carbons (Fsp3) is 0.722. The van der Waals surface area contributed by atoms with Gasteiger partial charge in [-0.1, -0.05) is 40.2 Å². The third-order valence-electron chi connectivity index (χ3n) is 4.84. The molecule has 0 amide bonds. The molecule has 1 saturated carbocycles. The van der Waals surface area contributed by atoms with Gasteiger partial charge in [-0.25, -0.2) is 4.98 Å². The molecule has 2 N–H and O–H groups in total. The fourth-order valence-corrected chi connectivity index (χ4v) is 3.00. The smallest absolute Gasteiger partial charge is 0.125 e.